The molecule has 0 saturated carbocycles. The maximum Gasteiger partial charge on any atom is 0.407 e. The number of carbonyl (C=O) groups is 2. The highest BCUT2D eigenvalue weighted by atomic mass is 16.5. The van der Waals surface area contributed by atoms with Gasteiger partial charge in [0.1, 0.15) is 18.2 Å². The van der Waals surface area contributed by atoms with Crippen LogP contribution in [0.2, 0.25) is 0 Å². The number of alkyl carbamates (subject to hydrolysis) is 1. The molecule has 0 bridgehead atoms. The summed E-state index contributed by atoms with van der Waals surface area (Å²) < 4.78 is 11.0. The minimum absolute atomic E-state index is 0.0887. The van der Waals surface area contributed by atoms with Crippen LogP contribution in [0, 0.1) is 0 Å². The number of furan rings is 1. The molecule has 1 aliphatic carbocycles. The number of fused-ring (bicyclic) bond motifs is 4. The van der Waals surface area contributed by atoms with Gasteiger partial charge in [-0.15, -0.1) is 0 Å². The third-order valence-electron chi connectivity index (χ3n) is 5.92. The molecule has 32 heavy (non-hydrogen) atoms. The van der Waals surface area contributed by atoms with Gasteiger partial charge in [-0.1, -0.05) is 66.7 Å². The zero-order valence-corrected chi connectivity index (χ0v) is 17.2. The number of amides is 1. The molecule has 0 spiro atoms. The average molecular weight is 427 g/mol. The number of hydrogen-bond acceptors (Lipinski definition) is 4. The third-order valence-corrected chi connectivity index (χ3v) is 5.92. The molecular weight excluding hydrogens is 406 g/mol. The molecule has 6 nitrogen and oxygen atoms in total. The summed E-state index contributed by atoms with van der Waals surface area (Å²) in [4.78, 5) is 24.3. The van der Waals surface area contributed by atoms with E-state index in [0.29, 0.717) is 11.1 Å². The summed E-state index contributed by atoms with van der Waals surface area (Å²) in [5.74, 6) is -1.22. The lowest BCUT2D eigenvalue weighted by atomic mass is 9.98. The molecule has 1 aromatic heterocycles. The average Bonchev–Trinajstić information content (AvgIpc) is 3.36. The predicted octanol–water partition coefficient (Wildman–Crippen LogP) is 4.97. The number of carbonyl (C=O) groups excluding carboxylic acids is 1. The predicted molar refractivity (Wildman–Crippen MR) is 120 cm³/mol. The van der Waals surface area contributed by atoms with Crippen LogP contribution >= 0.6 is 0 Å². The summed E-state index contributed by atoms with van der Waals surface area (Å²) in [5.41, 5.74) is 5.85. The lowest BCUT2D eigenvalue weighted by Crippen LogP contribution is -2.42. The first-order valence-electron chi connectivity index (χ1n) is 10.4. The fourth-order valence-electron chi connectivity index (χ4n) is 4.39. The summed E-state index contributed by atoms with van der Waals surface area (Å²) in [6.45, 7) is 0.126. The largest absolute Gasteiger partial charge is 0.480 e. The molecule has 0 aliphatic heterocycles. The number of aliphatic carboxylic acids is 1. The molecule has 5 rings (SSSR count). The fraction of sp³-hybridized carbons (Fsp3) is 0.154. The highest BCUT2D eigenvalue weighted by molar-refractivity contribution is 5.84. The van der Waals surface area contributed by atoms with Crippen molar-refractivity contribution in [3.63, 3.8) is 0 Å². The summed E-state index contributed by atoms with van der Waals surface area (Å²) >= 11 is 0. The lowest BCUT2D eigenvalue weighted by molar-refractivity contribution is -0.139. The van der Waals surface area contributed by atoms with Crippen LogP contribution in [0.3, 0.4) is 0 Å². The molecule has 0 saturated heterocycles. The van der Waals surface area contributed by atoms with Crippen molar-refractivity contribution in [1.82, 2.24) is 5.32 Å². The Morgan fingerprint density at radius 2 is 1.56 bits per heavy atom. The van der Waals surface area contributed by atoms with Gasteiger partial charge in [0, 0.05) is 23.3 Å². The van der Waals surface area contributed by atoms with Gasteiger partial charge in [0.2, 0.25) is 0 Å². The Kier molecular flexibility index (Phi) is 5.11. The van der Waals surface area contributed by atoms with Crippen LogP contribution in [0.1, 0.15) is 22.6 Å². The molecule has 4 aromatic rings. The van der Waals surface area contributed by atoms with Gasteiger partial charge < -0.3 is 19.6 Å². The van der Waals surface area contributed by atoms with Crippen molar-refractivity contribution in [2.75, 3.05) is 6.61 Å². The van der Waals surface area contributed by atoms with Crippen LogP contribution in [-0.4, -0.2) is 29.8 Å². The van der Waals surface area contributed by atoms with Crippen molar-refractivity contribution >= 4 is 23.0 Å². The second-order valence-electron chi connectivity index (χ2n) is 7.82. The lowest BCUT2D eigenvalue weighted by Gasteiger charge is -2.17. The third kappa shape index (κ3) is 3.60. The molecule has 1 amide bonds. The Morgan fingerprint density at radius 3 is 2.25 bits per heavy atom. The van der Waals surface area contributed by atoms with E-state index in [4.69, 9.17) is 9.15 Å². The van der Waals surface area contributed by atoms with E-state index in [1.165, 1.54) is 6.26 Å². The molecule has 160 valence electrons. The molecule has 1 unspecified atom stereocenters. The van der Waals surface area contributed by atoms with Crippen molar-refractivity contribution < 1.29 is 23.8 Å². The van der Waals surface area contributed by atoms with Crippen LogP contribution < -0.4 is 5.32 Å². The number of benzene rings is 3. The van der Waals surface area contributed by atoms with Crippen LogP contribution in [0.5, 0.6) is 0 Å². The smallest absolute Gasteiger partial charge is 0.407 e. The van der Waals surface area contributed by atoms with Gasteiger partial charge in [0.15, 0.2) is 0 Å². The van der Waals surface area contributed by atoms with E-state index in [-0.39, 0.29) is 18.9 Å². The highest BCUT2D eigenvalue weighted by Gasteiger charge is 2.30. The van der Waals surface area contributed by atoms with Gasteiger partial charge in [-0.2, -0.15) is 0 Å². The van der Waals surface area contributed by atoms with Crippen molar-refractivity contribution in [2.24, 2.45) is 0 Å². The number of ether oxygens (including phenoxy) is 1. The SMILES string of the molecule is O=C(NC(Cc1coc2ccccc12)C(=O)O)OCC1c2ccccc2-c2ccccc21. The van der Waals surface area contributed by atoms with Crippen molar-refractivity contribution in [2.45, 2.75) is 18.4 Å². The second-order valence-corrected chi connectivity index (χ2v) is 7.82. The van der Waals surface area contributed by atoms with E-state index >= 15 is 0 Å². The molecular formula is C26H21NO5. The van der Waals surface area contributed by atoms with E-state index in [1.807, 2.05) is 60.7 Å². The molecule has 2 N–H and O–H groups in total. The Hall–Kier alpha value is -4.06. The molecule has 6 heteroatoms. The zero-order valence-electron chi connectivity index (χ0n) is 17.2. The molecule has 3 aromatic carbocycles. The number of carboxylic acid groups (broad SMARTS) is 1. The van der Waals surface area contributed by atoms with E-state index in [2.05, 4.69) is 17.4 Å². The number of carboxylic acids is 1. The molecule has 0 radical (unpaired) electrons. The monoisotopic (exact) mass is 427 g/mol. The van der Waals surface area contributed by atoms with E-state index in [9.17, 15) is 14.7 Å². The summed E-state index contributed by atoms with van der Waals surface area (Å²) in [5, 5.41) is 12.9. The van der Waals surface area contributed by atoms with Crippen LogP contribution in [0.4, 0.5) is 4.79 Å². The highest BCUT2D eigenvalue weighted by Crippen LogP contribution is 2.44. The Bertz CT molecular complexity index is 1260. The molecule has 1 aliphatic rings. The van der Waals surface area contributed by atoms with Gasteiger partial charge >= 0.3 is 12.1 Å². The van der Waals surface area contributed by atoms with Gasteiger partial charge in [0.25, 0.3) is 0 Å². The number of hydrogen-bond donors (Lipinski definition) is 2. The topological polar surface area (TPSA) is 88.8 Å². The summed E-state index contributed by atoms with van der Waals surface area (Å²) in [7, 11) is 0. The zero-order chi connectivity index (χ0) is 22.1. The Balaban J connectivity index is 1.28. The number of para-hydroxylation sites is 1. The maximum absolute atomic E-state index is 12.5. The minimum Gasteiger partial charge on any atom is -0.480 e. The van der Waals surface area contributed by atoms with Crippen LogP contribution in [-0.2, 0) is 16.0 Å². The second kappa shape index (κ2) is 8.23. The van der Waals surface area contributed by atoms with E-state index in [0.717, 1.165) is 27.6 Å². The van der Waals surface area contributed by atoms with Crippen molar-refractivity contribution in [3.8, 4) is 11.1 Å². The van der Waals surface area contributed by atoms with E-state index < -0.39 is 18.1 Å². The number of nitrogens with one attached hydrogen (secondary N) is 1. The fourth-order valence-corrected chi connectivity index (χ4v) is 4.39. The van der Waals surface area contributed by atoms with Gasteiger partial charge in [0.05, 0.1) is 6.26 Å². The standard InChI is InChI=1S/C26H21NO5/c28-25(29)23(13-16-14-31-24-12-6-5-7-17(16)24)27-26(30)32-15-22-20-10-3-1-8-18(20)19-9-2-4-11-21(19)22/h1-12,14,22-23H,13,15H2,(H,27,30)(H,28,29). The first-order valence-corrected chi connectivity index (χ1v) is 10.4. The van der Waals surface area contributed by atoms with Crippen molar-refractivity contribution in [3.05, 3.63) is 95.7 Å². The minimum atomic E-state index is -1.14. The Morgan fingerprint density at radius 1 is 0.938 bits per heavy atom. The molecule has 1 heterocycles. The first kappa shape index (κ1) is 19.9. The normalized spacial score (nSPS) is 13.4. The first-order chi connectivity index (χ1) is 15.6. The van der Waals surface area contributed by atoms with Crippen LogP contribution in [0.25, 0.3) is 22.1 Å². The van der Waals surface area contributed by atoms with Crippen LogP contribution in [0.15, 0.2) is 83.5 Å². The van der Waals surface area contributed by atoms with Gasteiger partial charge in [-0.3, -0.25) is 0 Å². The summed E-state index contributed by atoms with van der Waals surface area (Å²) in [6.07, 6.45) is 0.864. The summed E-state index contributed by atoms with van der Waals surface area (Å²) in [6, 6.07) is 22.3. The molecule has 0 fully saturated rings. The number of rotatable bonds is 6. The van der Waals surface area contributed by atoms with Gasteiger partial charge in [-0.05, 0) is 28.3 Å². The van der Waals surface area contributed by atoms with E-state index in [1.54, 1.807) is 0 Å². The van der Waals surface area contributed by atoms with Gasteiger partial charge in [-0.25, -0.2) is 9.59 Å². The van der Waals surface area contributed by atoms with Crippen molar-refractivity contribution in [1.29, 1.82) is 0 Å². The maximum atomic E-state index is 12.5. The molecule has 1 atom stereocenters. The quantitative estimate of drug-likeness (QED) is 0.454. The Labute approximate surface area is 184 Å².